The fourth-order valence-electron chi connectivity index (χ4n) is 3.58. The second-order valence-electron chi connectivity index (χ2n) is 9.70. The van der Waals surface area contributed by atoms with E-state index in [1.54, 1.807) is 0 Å². The highest BCUT2D eigenvalue weighted by atomic mass is 16.5. The minimum Gasteiger partial charge on any atom is -0.392 e. The molecule has 0 atom stereocenters. The summed E-state index contributed by atoms with van der Waals surface area (Å²) in [6.07, 6.45) is 15.7. The molecule has 0 bridgehead atoms. The third-order valence-electron chi connectivity index (χ3n) is 5.82. The van der Waals surface area contributed by atoms with Crippen molar-refractivity contribution in [3.63, 3.8) is 0 Å². The minimum atomic E-state index is 0.158. The van der Waals surface area contributed by atoms with E-state index in [-0.39, 0.29) is 6.61 Å². The van der Waals surface area contributed by atoms with Crippen molar-refractivity contribution < 1.29 is 9.84 Å². The number of hydrogen-bond donors (Lipinski definition) is 1. The third-order valence-corrected chi connectivity index (χ3v) is 5.82. The fourth-order valence-corrected chi connectivity index (χ4v) is 3.58. The molecule has 2 aromatic carbocycles. The summed E-state index contributed by atoms with van der Waals surface area (Å²) in [6.45, 7) is 12.4. The molecule has 36 heavy (non-hydrogen) atoms. The van der Waals surface area contributed by atoms with Crippen molar-refractivity contribution in [3.8, 4) is 0 Å². The number of rotatable bonds is 14. The third kappa shape index (κ3) is 17.7. The van der Waals surface area contributed by atoms with Gasteiger partial charge >= 0.3 is 0 Å². The molecule has 0 aliphatic heterocycles. The van der Waals surface area contributed by atoms with Crippen molar-refractivity contribution in [3.05, 3.63) is 118 Å². The van der Waals surface area contributed by atoms with Gasteiger partial charge in [-0.3, -0.25) is 0 Å². The summed E-state index contributed by atoms with van der Waals surface area (Å²) in [6, 6.07) is 20.4. The molecule has 0 unspecified atom stereocenters. The maximum Gasteiger partial charge on any atom is 0.0721 e. The van der Waals surface area contributed by atoms with Crippen LogP contribution in [-0.4, -0.2) is 11.7 Å². The highest BCUT2D eigenvalue weighted by molar-refractivity contribution is 5.15. The number of ether oxygens (including phenoxy) is 1. The molecule has 0 aromatic heterocycles. The first-order valence-corrected chi connectivity index (χ1v) is 13.3. The zero-order chi connectivity index (χ0) is 26.4. The van der Waals surface area contributed by atoms with Crippen LogP contribution >= 0.6 is 0 Å². The van der Waals surface area contributed by atoms with Crippen molar-refractivity contribution in [2.75, 3.05) is 6.61 Å². The lowest BCUT2D eigenvalue weighted by molar-refractivity contribution is 0.107. The molecule has 0 spiro atoms. The van der Waals surface area contributed by atoms with Gasteiger partial charge in [-0.25, -0.2) is 0 Å². The van der Waals surface area contributed by atoms with Crippen molar-refractivity contribution in [2.45, 2.75) is 86.4 Å². The quantitative estimate of drug-likeness (QED) is 0.268. The van der Waals surface area contributed by atoms with E-state index in [2.05, 4.69) is 77.1 Å². The Balaban J connectivity index is 0.000000377. The van der Waals surface area contributed by atoms with Gasteiger partial charge in [0.05, 0.1) is 19.8 Å². The smallest absolute Gasteiger partial charge is 0.0721 e. The monoisotopic (exact) mass is 488 g/mol. The maximum atomic E-state index is 8.80. The first-order valence-electron chi connectivity index (χ1n) is 13.3. The average molecular weight is 489 g/mol. The molecule has 0 fully saturated rings. The van der Waals surface area contributed by atoms with Gasteiger partial charge in [0.15, 0.2) is 0 Å². The second kappa shape index (κ2) is 20.5. The average Bonchev–Trinajstić information content (AvgIpc) is 2.86. The van der Waals surface area contributed by atoms with Crippen LogP contribution in [0.2, 0.25) is 0 Å². The molecule has 0 amide bonds. The van der Waals surface area contributed by atoms with Crippen LogP contribution in [0.4, 0.5) is 0 Å². The number of allylic oxidation sites excluding steroid dienone is 7. The Morgan fingerprint density at radius 3 is 1.36 bits per heavy atom. The largest absolute Gasteiger partial charge is 0.392 e. The molecule has 0 saturated carbocycles. The summed E-state index contributed by atoms with van der Waals surface area (Å²) in [5.41, 5.74) is 8.09. The molecular formula is C34H48O2. The summed E-state index contributed by atoms with van der Waals surface area (Å²) in [7, 11) is 0. The molecule has 196 valence electrons. The van der Waals surface area contributed by atoms with Crippen molar-refractivity contribution in [2.24, 2.45) is 0 Å². The van der Waals surface area contributed by atoms with Crippen LogP contribution in [0.5, 0.6) is 0 Å². The summed E-state index contributed by atoms with van der Waals surface area (Å²) in [5.74, 6) is 0. The lowest BCUT2D eigenvalue weighted by Crippen LogP contribution is -1.93. The van der Waals surface area contributed by atoms with Crippen LogP contribution in [-0.2, 0) is 18.0 Å². The molecule has 0 heterocycles. The normalized spacial score (nSPS) is 12.1. The number of hydrogen-bond acceptors (Lipinski definition) is 2. The van der Waals surface area contributed by atoms with E-state index < -0.39 is 0 Å². The predicted octanol–water partition coefficient (Wildman–Crippen LogP) is 9.53. The van der Waals surface area contributed by atoms with Gasteiger partial charge in [0.2, 0.25) is 0 Å². The van der Waals surface area contributed by atoms with Crippen molar-refractivity contribution in [1.82, 2.24) is 0 Å². The first-order chi connectivity index (χ1) is 17.4. The van der Waals surface area contributed by atoms with E-state index in [4.69, 9.17) is 9.84 Å². The van der Waals surface area contributed by atoms with E-state index in [1.807, 2.05) is 42.5 Å². The second-order valence-corrected chi connectivity index (χ2v) is 9.70. The van der Waals surface area contributed by atoms with E-state index in [0.717, 1.165) is 32.1 Å². The molecule has 1 N–H and O–H groups in total. The van der Waals surface area contributed by atoms with Gasteiger partial charge < -0.3 is 9.84 Å². The number of benzene rings is 2. The first kappa shape index (κ1) is 31.4. The lowest BCUT2D eigenvalue weighted by atomic mass is 10.0. The van der Waals surface area contributed by atoms with Gasteiger partial charge in [-0.15, -0.1) is 0 Å². The Hall–Kier alpha value is -2.68. The Morgan fingerprint density at radius 2 is 0.972 bits per heavy atom. The molecule has 0 saturated heterocycles. The van der Waals surface area contributed by atoms with Gasteiger partial charge in [0.1, 0.15) is 0 Å². The van der Waals surface area contributed by atoms with Gasteiger partial charge in [-0.05, 0) is 84.3 Å². The summed E-state index contributed by atoms with van der Waals surface area (Å²) in [4.78, 5) is 0. The molecule has 2 nitrogen and oxygen atoms in total. The van der Waals surface area contributed by atoms with Crippen molar-refractivity contribution >= 4 is 0 Å². The highest BCUT2D eigenvalue weighted by Crippen LogP contribution is 2.13. The zero-order valence-electron chi connectivity index (χ0n) is 23.3. The topological polar surface area (TPSA) is 29.5 Å². The standard InChI is InChI=1S/C20H34O.C14H14O/c1-17(2)9-6-10-18(3)11-7-12-19(4)13-8-14-20(5)15-16-21;1-3-7-13(8-4-1)11-15-12-14-9-5-2-6-10-14/h9,11,13,15,21H,6-8,10,12,14,16H2,1-5H3;1-10H,11-12H2. The Labute approximate surface area is 221 Å². The maximum absolute atomic E-state index is 8.80. The number of aliphatic hydroxyl groups excluding tert-OH is 1. The Morgan fingerprint density at radius 1 is 0.583 bits per heavy atom. The van der Waals surface area contributed by atoms with Crippen molar-refractivity contribution in [1.29, 1.82) is 0 Å². The molecule has 2 rings (SSSR count). The van der Waals surface area contributed by atoms with Crippen LogP contribution in [0.15, 0.2) is 107 Å². The molecule has 0 radical (unpaired) electrons. The van der Waals surface area contributed by atoms with Gasteiger partial charge in [0.25, 0.3) is 0 Å². The van der Waals surface area contributed by atoms with Crippen LogP contribution < -0.4 is 0 Å². The fraction of sp³-hybridized carbons (Fsp3) is 0.412. The van der Waals surface area contributed by atoms with E-state index in [9.17, 15) is 0 Å². The Kier molecular flexibility index (Phi) is 17.9. The van der Waals surface area contributed by atoms with Crippen LogP contribution in [0.3, 0.4) is 0 Å². The highest BCUT2D eigenvalue weighted by Gasteiger charge is 1.94. The molecule has 2 aromatic rings. The molecule has 0 aliphatic rings. The van der Waals surface area contributed by atoms with E-state index >= 15 is 0 Å². The molecular weight excluding hydrogens is 440 g/mol. The van der Waals surface area contributed by atoms with Gasteiger partial charge in [-0.2, -0.15) is 0 Å². The summed E-state index contributed by atoms with van der Waals surface area (Å²) in [5, 5.41) is 8.80. The Bertz CT molecular complexity index is 890. The minimum absolute atomic E-state index is 0.158. The van der Waals surface area contributed by atoms with E-state index in [1.165, 1.54) is 39.8 Å². The lowest BCUT2D eigenvalue weighted by Gasteiger charge is -2.03. The summed E-state index contributed by atoms with van der Waals surface area (Å²) < 4.78 is 5.61. The molecule has 0 aliphatic carbocycles. The van der Waals surface area contributed by atoms with Crippen LogP contribution in [0.25, 0.3) is 0 Å². The van der Waals surface area contributed by atoms with Gasteiger partial charge in [0, 0.05) is 0 Å². The number of aliphatic hydroxyl groups is 1. The SMILES string of the molecule is CC(C)=CCCC(C)=CCCC(C)=CCCC(C)=CCO.c1ccc(COCc2ccccc2)cc1. The van der Waals surface area contributed by atoms with Crippen LogP contribution in [0.1, 0.15) is 84.3 Å². The molecule has 2 heteroatoms. The van der Waals surface area contributed by atoms with Gasteiger partial charge in [-0.1, -0.05) is 107 Å². The van der Waals surface area contributed by atoms with E-state index in [0.29, 0.717) is 13.2 Å². The summed E-state index contributed by atoms with van der Waals surface area (Å²) >= 11 is 0. The predicted molar refractivity (Wildman–Crippen MR) is 157 cm³/mol. The van der Waals surface area contributed by atoms with Crippen LogP contribution in [0, 0.1) is 0 Å². The zero-order valence-corrected chi connectivity index (χ0v) is 23.3.